The Kier molecular flexibility index (Phi) is 3.37. The number of nitrogens with zero attached hydrogens (tertiary/aromatic N) is 5. The van der Waals surface area contributed by atoms with Gasteiger partial charge in [-0.15, -0.1) is 5.10 Å². The van der Waals surface area contributed by atoms with Crippen LogP contribution in [0.1, 0.15) is 24.6 Å². The predicted molar refractivity (Wildman–Crippen MR) is 88.0 cm³/mol. The number of aromatic nitrogens is 5. The molecule has 0 spiro atoms. The molecule has 0 saturated heterocycles. The van der Waals surface area contributed by atoms with Crippen molar-refractivity contribution in [1.82, 2.24) is 24.4 Å². The smallest absolute Gasteiger partial charge is 0.243 e. The number of hydrogen-bond acceptors (Lipinski definition) is 4. The molecular weight excluding hydrogens is 344 g/mol. The third kappa shape index (κ3) is 2.29. The van der Waals surface area contributed by atoms with E-state index < -0.39 is 0 Å². The van der Waals surface area contributed by atoms with Gasteiger partial charge in [-0.3, -0.25) is 4.68 Å². The summed E-state index contributed by atoms with van der Waals surface area (Å²) < 4.78 is 4.84. The van der Waals surface area contributed by atoms with Crippen molar-refractivity contribution in [3.05, 3.63) is 40.3 Å². The van der Waals surface area contributed by atoms with Crippen molar-refractivity contribution in [3.63, 3.8) is 0 Å². The van der Waals surface area contributed by atoms with Crippen molar-refractivity contribution in [2.24, 2.45) is 0 Å². The standard InChI is InChI=1S/C15H17BrN6/c1-2-21-13-6-5-11(8-10(13)9-17-21)18-15-19-14-12(16)4-3-7-22(14)20-15/h3-4,7,9,11H,2,5-6,8H2,1H3,(H,18,20)/t11-/m1/s1. The van der Waals surface area contributed by atoms with Gasteiger partial charge >= 0.3 is 0 Å². The fourth-order valence-corrected chi connectivity index (χ4v) is 3.52. The van der Waals surface area contributed by atoms with Gasteiger partial charge in [-0.1, -0.05) is 0 Å². The Bertz CT molecular complexity index is 821. The lowest BCUT2D eigenvalue weighted by molar-refractivity contribution is 0.552. The minimum absolute atomic E-state index is 0.359. The van der Waals surface area contributed by atoms with E-state index >= 15 is 0 Å². The number of halogens is 1. The molecule has 3 heterocycles. The van der Waals surface area contributed by atoms with E-state index in [1.807, 2.05) is 24.5 Å². The molecule has 22 heavy (non-hydrogen) atoms. The van der Waals surface area contributed by atoms with Crippen molar-refractivity contribution in [3.8, 4) is 0 Å². The largest absolute Gasteiger partial charge is 0.350 e. The Morgan fingerprint density at radius 1 is 1.45 bits per heavy atom. The van der Waals surface area contributed by atoms with E-state index in [0.29, 0.717) is 12.0 Å². The minimum atomic E-state index is 0.359. The summed E-state index contributed by atoms with van der Waals surface area (Å²) in [5.41, 5.74) is 3.56. The summed E-state index contributed by atoms with van der Waals surface area (Å²) >= 11 is 3.51. The number of aryl methyl sites for hydroxylation is 1. The molecular formula is C15H17BrN6. The topological polar surface area (TPSA) is 60.0 Å². The van der Waals surface area contributed by atoms with Crippen LogP contribution in [-0.4, -0.2) is 30.4 Å². The first-order valence-corrected chi connectivity index (χ1v) is 8.35. The molecule has 0 fully saturated rings. The molecule has 0 aromatic carbocycles. The monoisotopic (exact) mass is 360 g/mol. The lowest BCUT2D eigenvalue weighted by atomic mass is 9.93. The van der Waals surface area contributed by atoms with Crippen LogP contribution in [0, 0.1) is 0 Å². The van der Waals surface area contributed by atoms with E-state index in [1.165, 1.54) is 11.3 Å². The minimum Gasteiger partial charge on any atom is -0.350 e. The molecule has 1 aliphatic carbocycles. The highest BCUT2D eigenvalue weighted by atomic mass is 79.9. The molecule has 0 radical (unpaired) electrons. The van der Waals surface area contributed by atoms with Crippen LogP contribution in [0.5, 0.6) is 0 Å². The van der Waals surface area contributed by atoms with Gasteiger partial charge in [-0.25, -0.2) is 4.52 Å². The quantitative estimate of drug-likeness (QED) is 0.779. The van der Waals surface area contributed by atoms with Crippen LogP contribution in [0.3, 0.4) is 0 Å². The second-order valence-electron chi connectivity index (χ2n) is 5.58. The molecule has 0 unspecified atom stereocenters. The lowest BCUT2D eigenvalue weighted by Crippen LogP contribution is -2.28. The molecule has 0 amide bonds. The lowest BCUT2D eigenvalue weighted by Gasteiger charge is -2.23. The summed E-state index contributed by atoms with van der Waals surface area (Å²) in [6.45, 7) is 3.07. The van der Waals surface area contributed by atoms with Gasteiger partial charge in [0, 0.05) is 24.5 Å². The molecule has 0 aliphatic heterocycles. The van der Waals surface area contributed by atoms with Gasteiger partial charge in [0.1, 0.15) is 0 Å². The molecule has 0 saturated carbocycles. The molecule has 3 aromatic heterocycles. The average Bonchev–Trinajstić information content (AvgIpc) is 3.11. The van der Waals surface area contributed by atoms with E-state index in [1.54, 1.807) is 4.52 Å². The van der Waals surface area contributed by atoms with Gasteiger partial charge in [0.05, 0.1) is 10.7 Å². The van der Waals surface area contributed by atoms with Crippen LogP contribution in [-0.2, 0) is 19.4 Å². The third-order valence-electron chi connectivity index (χ3n) is 4.18. The second-order valence-corrected chi connectivity index (χ2v) is 6.43. The van der Waals surface area contributed by atoms with E-state index in [0.717, 1.165) is 35.9 Å². The van der Waals surface area contributed by atoms with Gasteiger partial charge in [0.15, 0.2) is 5.65 Å². The molecule has 4 rings (SSSR count). The summed E-state index contributed by atoms with van der Waals surface area (Å²) in [5, 5.41) is 12.4. The first-order valence-electron chi connectivity index (χ1n) is 7.55. The fourth-order valence-electron chi connectivity index (χ4n) is 3.10. The number of pyridine rings is 1. The highest BCUT2D eigenvalue weighted by Crippen LogP contribution is 2.24. The normalized spacial score (nSPS) is 17.6. The Morgan fingerprint density at radius 2 is 2.36 bits per heavy atom. The molecule has 0 bridgehead atoms. The third-order valence-corrected chi connectivity index (χ3v) is 4.80. The maximum Gasteiger partial charge on any atom is 0.243 e. The molecule has 1 aliphatic rings. The van der Waals surface area contributed by atoms with Gasteiger partial charge in [-0.2, -0.15) is 10.1 Å². The Hall–Kier alpha value is -1.89. The summed E-state index contributed by atoms with van der Waals surface area (Å²) in [4.78, 5) is 4.56. The Morgan fingerprint density at radius 3 is 3.18 bits per heavy atom. The molecule has 7 heteroatoms. The van der Waals surface area contributed by atoms with Crippen LogP contribution >= 0.6 is 15.9 Å². The SMILES string of the molecule is CCn1ncc2c1CC[C@@H](Nc1nc3c(Br)cccn3n1)C2. The number of rotatable bonds is 3. The van der Waals surface area contributed by atoms with E-state index in [2.05, 4.69) is 48.0 Å². The van der Waals surface area contributed by atoms with Gasteiger partial charge in [0.2, 0.25) is 5.95 Å². The van der Waals surface area contributed by atoms with Crippen LogP contribution in [0.15, 0.2) is 29.0 Å². The molecule has 6 nitrogen and oxygen atoms in total. The maximum absolute atomic E-state index is 4.56. The second kappa shape index (κ2) is 5.39. The highest BCUT2D eigenvalue weighted by molar-refractivity contribution is 9.10. The zero-order valence-corrected chi connectivity index (χ0v) is 13.9. The van der Waals surface area contributed by atoms with Gasteiger partial charge in [-0.05, 0) is 59.8 Å². The molecule has 1 atom stereocenters. The van der Waals surface area contributed by atoms with E-state index in [-0.39, 0.29) is 0 Å². The van der Waals surface area contributed by atoms with Crippen LogP contribution < -0.4 is 5.32 Å². The summed E-state index contributed by atoms with van der Waals surface area (Å²) in [6, 6.07) is 4.28. The van der Waals surface area contributed by atoms with Crippen molar-refractivity contribution >= 4 is 27.5 Å². The predicted octanol–water partition coefficient (Wildman–Crippen LogP) is 2.68. The van der Waals surface area contributed by atoms with Crippen molar-refractivity contribution < 1.29 is 0 Å². The number of anilines is 1. The van der Waals surface area contributed by atoms with Crippen LogP contribution in [0.4, 0.5) is 5.95 Å². The fraction of sp³-hybridized carbons (Fsp3) is 0.400. The maximum atomic E-state index is 4.56. The summed E-state index contributed by atoms with van der Waals surface area (Å²) in [5.74, 6) is 0.684. The van der Waals surface area contributed by atoms with Gasteiger partial charge < -0.3 is 5.32 Å². The van der Waals surface area contributed by atoms with Crippen LogP contribution in [0.2, 0.25) is 0 Å². The van der Waals surface area contributed by atoms with Crippen molar-refractivity contribution in [2.45, 2.75) is 38.8 Å². The average molecular weight is 361 g/mol. The first kappa shape index (κ1) is 13.8. The zero-order chi connectivity index (χ0) is 15.1. The molecule has 3 aromatic rings. The Labute approximate surface area is 136 Å². The molecule has 1 N–H and O–H groups in total. The van der Waals surface area contributed by atoms with Crippen molar-refractivity contribution in [1.29, 1.82) is 0 Å². The number of hydrogen-bond donors (Lipinski definition) is 1. The summed E-state index contributed by atoms with van der Waals surface area (Å²) in [6.07, 6.45) is 7.02. The highest BCUT2D eigenvalue weighted by Gasteiger charge is 2.23. The number of nitrogens with one attached hydrogen (secondary N) is 1. The zero-order valence-electron chi connectivity index (χ0n) is 12.3. The van der Waals surface area contributed by atoms with E-state index in [4.69, 9.17) is 0 Å². The first-order chi connectivity index (χ1) is 10.7. The Balaban J connectivity index is 1.55. The molecule has 114 valence electrons. The summed E-state index contributed by atoms with van der Waals surface area (Å²) in [7, 11) is 0. The van der Waals surface area contributed by atoms with Crippen LogP contribution in [0.25, 0.3) is 5.65 Å². The van der Waals surface area contributed by atoms with Gasteiger partial charge in [0.25, 0.3) is 0 Å². The van der Waals surface area contributed by atoms with E-state index in [9.17, 15) is 0 Å². The van der Waals surface area contributed by atoms with Crippen molar-refractivity contribution in [2.75, 3.05) is 5.32 Å². The number of fused-ring (bicyclic) bond motifs is 2.